The molecule has 0 aliphatic heterocycles. The minimum absolute atomic E-state index is 0.00852. The van der Waals surface area contributed by atoms with Crippen molar-refractivity contribution < 1.29 is 14.4 Å². The second-order valence-electron chi connectivity index (χ2n) is 5.11. The van der Waals surface area contributed by atoms with E-state index >= 15 is 0 Å². The van der Waals surface area contributed by atoms with E-state index in [1.807, 2.05) is 0 Å². The molecule has 126 valence electrons. The molecule has 0 saturated heterocycles. The van der Waals surface area contributed by atoms with Crippen LogP contribution in [0.5, 0.6) is 0 Å². The Bertz CT molecular complexity index is 841. The summed E-state index contributed by atoms with van der Waals surface area (Å²) in [6.07, 6.45) is 0. The van der Waals surface area contributed by atoms with E-state index in [4.69, 9.17) is 0 Å². The highest BCUT2D eigenvalue weighted by atomic mass is 16.2. The van der Waals surface area contributed by atoms with Gasteiger partial charge in [-0.3, -0.25) is 14.4 Å². The molecule has 24 heavy (non-hydrogen) atoms. The molecule has 1 aromatic rings. The summed E-state index contributed by atoms with van der Waals surface area (Å²) in [7, 11) is 0. The Morgan fingerprint density at radius 3 is 0.875 bits per heavy atom. The fourth-order valence-electron chi connectivity index (χ4n) is 1.64. The molecular formula is C15H15N3O6. The van der Waals surface area contributed by atoms with Crippen molar-refractivity contribution in [2.45, 2.75) is 20.8 Å². The van der Waals surface area contributed by atoms with Gasteiger partial charge in [0, 0.05) is 16.7 Å². The fourth-order valence-corrected chi connectivity index (χ4v) is 1.64. The molecule has 0 spiro atoms. The molecule has 1 heterocycles. The van der Waals surface area contributed by atoms with Crippen LogP contribution in [0, 0.1) is 0 Å². The first-order chi connectivity index (χ1) is 10.9. The number of carbonyl (C=O) groups is 3. The molecular weight excluding hydrogens is 318 g/mol. The van der Waals surface area contributed by atoms with Crippen molar-refractivity contribution >= 4 is 17.7 Å². The standard InChI is InChI=1S/C15H15N3O6/c1-7(2)10(19)16-13(22)17(11(20)8(3)4)15(24)18(14(16)23)12(21)9(5)6/h1,3,5H2,2,4,6H3. The molecule has 1 aromatic heterocycles. The summed E-state index contributed by atoms with van der Waals surface area (Å²) in [5.74, 6) is -3.47. The van der Waals surface area contributed by atoms with E-state index < -0.39 is 34.8 Å². The summed E-state index contributed by atoms with van der Waals surface area (Å²) in [4.78, 5) is 73.1. The van der Waals surface area contributed by atoms with E-state index in [1.165, 1.54) is 20.8 Å². The van der Waals surface area contributed by atoms with E-state index in [2.05, 4.69) is 19.7 Å². The van der Waals surface area contributed by atoms with Crippen molar-refractivity contribution in [3.05, 3.63) is 67.9 Å². The largest absolute Gasteiger partial charge is 0.350 e. The van der Waals surface area contributed by atoms with E-state index in [0.29, 0.717) is 0 Å². The SMILES string of the molecule is C=C(C)C(=O)n1c(=O)n(C(=O)C(=C)C)c(=O)n(C(=O)C(=C)C)c1=O. The summed E-state index contributed by atoms with van der Waals surface area (Å²) in [6, 6.07) is 0. The maximum absolute atomic E-state index is 12.3. The van der Waals surface area contributed by atoms with Gasteiger partial charge in [-0.2, -0.15) is 13.7 Å². The number of hydrogen-bond donors (Lipinski definition) is 0. The number of rotatable bonds is 3. The molecule has 0 aliphatic rings. The Morgan fingerprint density at radius 2 is 0.750 bits per heavy atom. The summed E-state index contributed by atoms with van der Waals surface area (Å²) in [6.45, 7) is 13.6. The molecule has 0 aromatic carbocycles. The first-order valence-electron chi connectivity index (χ1n) is 6.55. The molecule has 0 unspecified atom stereocenters. The van der Waals surface area contributed by atoms with Gasteiger partial charge >= 0.3 is 17.1 Å². The molecule has 9 heteroatoms. The Hall–Kier alpha value is -3.36. The minimum atomic E-state index is -1.50. The average Bonchev–Trinajstić information content (AvgIpc) is 2.46. The lowest BCUT2D eigenvalue weighted by molar-refractivity contribution is 0.0893. The quantitative estimate of drug-likeness (QED) is 0.708. The van der Waals surface area contributed by atoms with Gasteiger partial charge in [-0.25, -0.2) is 14.4 Å². The van der Waals surface area contributed by atoms with Gasteiger partial charge in [0.25, 0.3) is 17.7 Å². The highest BCUT2D eigenvalue weighted by Gasteiger charge is 2.27. The number of allylic oxidation sites excluding steroid dienone is 3. The average molecular weight is 333 g/mol. The zero-order chi connectivity index (χ0) is 18.9. The molecule has 0 saturated carbocycles. The molecule has 0 amide bonds. The third-order valence-corrected chi connectivity index (χ3v) is 2.85. The molecule has 9 nitrogen and oxygen atoms in total. The van der Waals surface area contributed by atoms with Crippen molar-refractivity contribution in [1.82, 2.24) is 13.7 Å². The van der Waals surface area contributed by atoms with Gasteiger partial charge in [0.05, 0.1) is 0 Å². The molecule has 0 radical (unpaired) electrons. The molecule has 0 aliphatic carbocycles. The van der Waals surface area contributed by atoms with E-state index in [9.17, 15) is 28.8 Å². The normalized spacial score (nSPS) is 10.1. The van der Waals surface area contributed by atoms with Gasteiger partial charge in [-0.15, -0.1) is 0 Å². The number of aromatic nitrogens is 3. The Kier molecular flexibility index (Phi) is 4.99. The van der Waals surface area contributed by atoms with Gasteiger partial charge < -0.3 is 0 Å². The Labute approximate surface area is 135 Å². The number of carbonyl (C=O) groups excluding carboxylic acids is 3. The summed E-state index contributed by atoms with van der Waals surface area (Å²) in [5, 5.41) is 0. The van der Waals surface area contributed by atoms with Crippen molar-refractivity contribution in [3.63, 3.8) is 0 Å². The maximum atomic E-state index is 12.3. The zero-order valence-electron chi connectivity index (χ0n) is 13.4. The Morgan fingerprint density at radius 1 is 0.583 bits per heavy atom. The van der Waals surface area contributed by atoms with Crippen LogP contribution < -0.4 is 17.1 Å². The third kappa shape index (κ3) is 2.91. The second kappa shape index (κ2) is 6.41. The van der Waals surface area contributed by atoms with Crippen LogP contribution in [-0.2, 0) is 0 Å². The molecule has 0 atom stereocenters. The first kappa shape index (κ1) is 18.7. The lowest BCUT2D eigenvalue weighted by Crippen LogP contribution is -2.59. The smallest absolute Gasteiger partial charge is 0.268 e. The van der Waals surface area contributed by atoms with Crippen molar-refractivity contribution in [3.8, 4) is 0 Å². The molecule has 0 bridgehead atoms. The van der Waals surface area contributed by atoms with Crippen LogP contribution in [-0.4, -0.2) is 31.4 Å². The highest BCUT2D eigenvalue weighted by molar-refractivity contribution is 5.98. The summed E-state index contributed by atoms with van der Waals surface area (Å²) in [5.41, 5.74) is -5.14. The van der Waals surface area contributed by atoms with Gasteiger partial charge in [-0.1, -0.05) is 19.7 Å². The van der Waals surface area contributed by atoms with Gasteiger partial charge in [-0.05, 0) is 20.8 Å². The van der Waals surface area contributed by atoms with Crippen LogP contribution in [0.3, 0.4) is 0 Å². The van der Waals surface area contributed by atoms with E-state index in [-0.39, 0.29) is 30.4 Å². The fraction of sp³-hybridized carbons (Fsp3) is 0.200. The predicted octanol–water partition coefficient (Wildman–Crippen LogP) is -0.179. The third-order valence-electron chi connectivity index (χ3n) is 2.85. The van der Waals surface area contributed by atoms with Crippen molar-refractivity contribution in [2.75, 3.05) is 0 Å². The lowest BCUT2D eigenvalue weighted by Gasteiger charge is -2.11. The van der Waals surface area contributed by atoms with Crippen LogP contribution >= 0.6 is 0 Å². The summed E-state index contributed by atoms with van der Waals surface area (Å²) >= 11 is 0. The van der Waals surface area contributed by atoms with Gasteiger partial charge in [0.15, 0.2) is 0 Å². The van der Waals surface area contributed by atoms with Crippen molar-refractivity contribution in [2.24, 2.45) is 0 Å². The first-order valence-corrected chi connectivity index (χ1v) is 6.55. The zero-order valence-corrected chi connectivity index (χ0v) is 13.4. The van der Waals surface area contributed by atoms with Gasteiger partial charge in [0.1, 0.15) is 0 Å². The molecule has 0 fully saturated rings. The Balaban J connectivity index is 4.20. The monoisotopic (exact) mass is 333 g/mol. The van der Waals surface area contributed by atoms with E-state index in [0.717, 1.165) is 0 Å². The molecule has 1 rings (SSSR count). The topological polar surface area (TPSA) is 117 Å². The van der Waals surface area contributed by atoms with Crippen LogP contribution in [0.1, 0.15) is 35.2 Å². The highest BCUT2D eigenvalue weighted by Crippen LogP contribution is 1.94. The van der Waals surface area contributed by atoms with Crippen LogP contribution in [0.2, 0.25) is 0 Å². The number of nitrogens with zero attached hydrogens (tertiary/aromatic N) is 3. The second-order valence-corrected chi connectivity index (χ2v) is 5.11. The summed E-state index contributed by atoms with van der Waals surface area (Å²) < 4.78 is -0.0256. The van der Waals surface area contributed by atoms with Crippen LogP contribution in [0.15, 0.2) is 50.8 Å². The van der Waals surface area contributed by atoms with Gasteiger partial charge in [0.2, 0.25) is 0 Å². The predicted molar refractivity (Wildman–Crippen MR) is 85.5 cm³/mol. The van der Waals surface area contributed by atoms with Crippen LogP contribution in [0.4, 0.5) is 0 Å². The lowest BCUT2D eigenvalue weighted by atomic mass is 10.3. The maximum Gasteiger partial charge on any atom is 0.350 e. The van der Waals surface area contributed by atoms with E-state index in [1.54, 1.807) is 0 Å². The number of hydrogen-bond acceptors (Lipinski definition) is 6. The minimum Gasteiger partial charge on any atom is -0.268 e. The molecule has 0 N–H and O–H groups in total. The van der Waals surface area contributed by atoms with Crippen molar-refractivity contribution in [1.29, 1.82) is 0 Å². The van der Waals surface area contributed by atoms with Crippen LogP contribution in [0.25, 0.3) is 0 Å².